The molecule has 0 aliphatic carbocycles. The number of pyridine rings is 1. The summed E-state index contributed by atoms with van der Waals surface area (Å²) >= 11 is 0. The predicted molar refractivity (Wildman–Crippen MR) is 94.7 cm³/mol. The number of halogens is 1. The predicted octanol–water partition coefficient (Wildman–Crippen LogP) is 3.85. The fourth-order valence-electron chi connectivity index (χ4n) is 2.68. The molecule has 1 aromatic carbocycles. The zero-order chi connectivity index (χ0) is 17.2. The van der Waals surface area contributed by atoms with Crippen molar-refractivity contribution < 1.29 is 4.39 Å². The maximum absolute atomic E-state index is 13.1. The third-order valence-corrected chi connectivity index (χ3v) is 3.89. The van der Waals surface area contributed by atoms with Crippen molar-refractivity contribution in [2.24, 2.45) is 0 Å². The van der Waals surface area contributed by atoms with E-state index in [-0.39, 0.29) is 5.82 Å². The second-order valence-corrected chi connectivity index (χ2v) is 5.80. The minimum absolute atomic E-state index is 0.264. The number of hydrogen-bond donors (Lipinski definition) is 1. The second-order valence-electron chi connectivity index (χ2n) is 5.80. The summed E-state index contributed by atoms with van der Waals surface area (Å²) in [6, 6.07) is 14.1. The molecular weight excluding hydrogens is 317 g/mol. The van der Waals surface area contributed by atoms with E-state index < -0.39 is 0 Å². The number of benzene rings is 1. The van der Waals surface area contributed by atoms with Crippen molar-refractivity contribution in [2.75, 3.05) is 5.32 Å². The highest BCUT2D eigenvalue weighted by Crippen LogP contribution is 2.22. The van der Waals surface area contributed by atoms with Gasteiger partial charge in [0.15, 0.2) is 5.65 Å². The summed E-state index contributed by atoms with van der Waals surface area (Å²) < 4.78 is 14.9. The van der Waals surface area contributed by atoms with Gasteiger partial charge in [-0.25, -0.2) is 9.37 Å². The molecule has 6 heteroatoms. The molecule has 25 heavy (non-hydrogen) atoms. The standard InChI is InChI=1S/C19H16FN5/c1-13-9-18(22-12-14-3-2-8-21-11-14)25-19(23-13)10-17(24-25)15-4-6-16(20)7-5-15/h2-11,22H,12H2,1H3. The summed E-state index contributed by atoms with van der Waals surface area (Å²) in [6.45, 7) is 2.58. The van der Waals surface area contributed by atoms with E-state index >= 15 is 0 Å². The van der Waals surface area contributed by atoms with Crippen LogP contribution in [0.5, 0.6) is 0 Å². The van der Waals surface area contributed by atoms with Crippen LogP contribution in [0, 0.1) is 12.7 Å². The lowest BCUT2D eigenvalue weighted by atomic mass is 10.1. The number of aromatic nitrogens is 4. The lowest BCUT2D eigenvalue weighted by Gasteiger charge is -2.09. The molecule has 0 aliphatic heterocycles. The molecule has 4 aromatic rings. The molecule has 3 aromatic heterocycles. The summed E-state index contributed by atoms with van der Waals surface area (Å²) in [4.78, 5) is 8.65. The lowest BCUT2D eigenvalue weighted by Crippen LogP contribution is -2.06. The van der Waals surface area contributed by atoms with Crippen molar-refractivity contribution in [1.29, 1.82) is 0 Å². The molecule has 0 saturated carbocycles. The molecule has 0 unspecified atom stereocenters. The van der Waals surface area contributed by atoms with E-state index in [1.165, 1.54) is 12.1 Å². The van der Waals surface area contributed by atoms with Crippen LogP contribution in [0.2, 0.25) is 0 Å². The number of fused-ring (bicyclic) bond motifs is 1. The van der Waals surface area contributed by atoms with Gasteiger partial charge in [0.05, 0.1) is 5.69 Å². The third-order valence-electron chi connectivity index (χ3n) is 3.89. The van der Waals surface area contributed by atoms with E-state index in [9.17, 15) is 4.39 Å². The molecule has 124 valence electrons. The molecule has 0 bridgehead atoms. The van der Waals surface area contributed by atoms with Crippen LogP contribution in [-0.4, -0.2) is 19.6 Å². The molecule has 4 rings (SSSR count). The second kappa shape index (κ2) is 6.32. The van der Waals surface area contributed by atoms with Gasteiger partial charge < -0.3 is 5.32 Å². The van der Waals surface area contributed by atoms with E-state index in [2.05, 4.69) is 20.4 Å². The Bertz CT molecular complexity index is 1010. The number of hydrogen-bond acceptors (Lipinski definition) is 4. The van der Waals surface area contributed by atoms with Crippen molar-refractivity contribution in [3.05, 3.63) is 78.0 Å². The SMILES string of the molecule is Cc1cc(NCc2cccnc2)n2nc(-c3ccc(F)cc3)cc2n1. The molecule has 0 saturated heterocycles. The van der Waals surface area contributed by atoms with Gasteiger partial charge in [0.25, 0.3) is 0 Å². The zero-order valence-corrected chi connectivity index (χ0v) is 13.6. The normalized spacial score (nSPS) is 11.0. The average Bonchev–Trinajstić information content (AvgIpc) is 3.05. The quantitative estimate of drug-likeness (QED) is 0.616. The highest BCUT2D eigenvalue weighted by Gasteiger charge is 2.10. The summed E-state index contributed by atoms with van der Waals surface area (Å²) in [5.41, 5.74) is 4.32. The molecule has 1 N–H and O–H groups in total. The molecule has 3 heterocycles. The largest absolute Gasteiger partial charge is 0.366 e. The van der Waals surface area contributed by atoms with Crippen LogP contribution < -0.4 is 5.32 Å². The monoisotopic (exact) mass is 333 g/mol. The van der Waals surface area contributed by atoms with E-state index in [0.29, 0.717) is 6.54 Å². The number of anilines is 1. The van der Waals surface area contributed by atoms with Crippen molar-refractivity contribution >= 4 is 11.5 Å². The molecule has 0 radical (unpaired) electrons. The Morgan fingerprint density at radius 1 is 1.12 bits per heavy atom. The fourth-order valence-corrected chi connectivity index (χ4v) is 2.68. The molecule has 0 fully saturated rings. The molecule has 5 nitrogen and oxygen atoms in total. The van der Waals surface area contributed by atoms with Gasteiger partial charge in [-0.3, -0.25) is 4.98 Å². The van der Waals surface area contributed by atoms with Gasteiger partial charge in [-0.1, -0.05) is 6.07 Å². The van der Waals surface area contributed by atoms with Gasteiger partial charge >= 0.3 is 0 Å². The number of nitrogens with one attached hydrogen (secondary N) is 1. The Morgan fingerprint density at radius 3 is 2.72 bits per heavy atom. The molecule has 0 atom stereocenters. The van der Waals surface area contributed by atoms with E-state index in [4.69, 9.17) is 0 Å². The first kappa shape index (κ1) is 15.3. The van der Waals surface area contributed by atoms with Gasteiger partial charge in [0.2, 0.25) is 0 Å². The Morgan fingerprint density at radius 2 is 1.96 bits per heavy atom. The number of rotatable bonds is 4. The Hall–Kier alpha value is -3.28. The van der Waals surface area contributed by atoms with Crippen LogP contribution in [-0.2, 0) is 6.54 Å². The Labute approximate surface area is 144 Å². The third kappa shape index (κ3) is 3.19. The lowest BCUT2D eigenvalue weighted by molar-refractivity contribution is 0.628. The van der Waals surface area contributed by atoms with E-state index in [1.54, 1.807) is 22.8 Å². The smallest absolute Gasteiger partial charge is 0.158 e. The van der Waals surface area contributed by atoms with Gasteiger partial charge in [0.1, 0.15) is 11.6 Å². The minimum Gasteiger partial charge on any atom is -0.366 e. The van der Waals surface area contributed by atoms with E-state index in [0.717, 1.165) is 34.0 Å². The highest BCUT2D eigenvalue weighted by atomic mass is 19.1. The van der Waals surface area contributed by atoms with Crippen LogP contribution >= 0.6 is 0 Å². The maximum atomic E-state index is 13.1. The fraction of sp³-hybridized carbons (Fsp3) is 0.105. The zero-order valence-electron chi connectivity index (χ0n) is 13.6. The van der Waals surface area contributed by atoms with Crippen LogP contribution in [0.3, 0.4) is 0 Å². The van der Waals surface area contributed by atoms with Crippen LogP contribution in [0.25, 0.3) is 16.9 Å². The van der Waals surface area contributed by atoms with Crippen molar-refractivity contribution in [3.8, 4) is 11.3 Å². The van der Waals surface area contributed by atoms with Crippen LogP contribution in [0.4, 0.5) is 10.2 Å². The summed E-state index contributed by atoms with van der Waals surface area (Å²) in [7, 11) is 0. The first-order chi connectivity index (χ1) is 12.2. The van der Waals surface area contributed by atoms with E-state index in [1.807, 2.05) is 37.4 Å². The van der Waals surface area contributed by atoms with Crippen molar-refractivity contribution in [3.63, 3.8) is 0 Å². The first-order valence-corrected chi connectivity index (χ1v) is 7.95. The summed E-state index contributed by atoms with van der Waals surface area (Å²) in [5, 5.41) is 8.00. The average molecular weight is 333 g/mol. The molecule has 0 aliphatic rings. The van der Waals surface area contributed by atoms with Crippen LogP contribution in [0.1, 0.15) is 11.3 Å². The molecule has 0 spiro atoms. The topological polar surface area (TPSA) is 55.1 Å². The van der Waals surface area contributed by atoms with Gasteiger partial charge in [0, 0.05) is 42.3 Å². The molecular formula is C19H16FN5. The van der Waals surface area contributed by atoms with Gasteiger partial charge in [-0.2, -0.15) is 9.61 Å². The first-order valence-electron chi connectivity index (χ1n) is 7.95. The van der Waals surface area contributed by atoms with Crippen LogP contribution in [0.15, 0.2) is 60.9 Å². The maximum Gasteiger partial charge on any atom is 0.158 e. The van der Waals surface area contributed by atoms with Crippen molar-refractivity contribution in [2.45, 2.75) is 13.5 Å². The van der Waals surface area contributed by atoms with Crippen molar-refractivity contribution in [1.82, 2.24) is 19.6 Å². The number of aryl methyl sites for hydroxylation is 1. The summed E-state index contributed by atoms with van der Waals surface area (Å²) in [5.74, 6) is 0.583. The summed E-state index contributed by atoms with van der Waals surface area (Å²) in [6.07, 6.45) is 3.58. The minimum atomic E-state index is -0.264. The Balaban J connectivity index is 1.70. The van der Waals surface area contributed by atoms with Gasteiger partial charge in [-0.15, -0.1) is 0 Å². The Kier molecular flexibility index (Phi) is 3.85. The number of nitrogens with zero attached hydrogens (tertiary/aromatic N) is 4. The molecule has 0 amide bonds. The highest BCUT2D eigenvalue weighted by molar-refractivity contribution is 5.65. The van der Waals surface area contributed by atoms with Gasteiger partial charge in [-0.05, 0) is 42.8 Å².